The Balaban J connectivity index is 1.46. The molecule has 1 aliphatic carbocycles. The number of amides is 2. The minimum absolute atomic E-state index is 0.0865. The van der Waals surface area contributed by atoms with Crippen LogP contribution in [0.5, 0.6) is 0 Å². The number of hydrogen-bond donors (Lipinski definition) is 1. The van der Waals surface area contributed by atoms with Gasteiger partial charge in [-0.25, -0.2) is 5.43 Å². The molecule has 0 radical (unpaired) electrons. The van der Waals surface area contributed by atoms with E-state index in [4.69, 9.17) is 4.74 Å². The predicted molar refractivity (Wildman–Crippen MR) is 143 cm³/mol. The molecule has 0 bridgehead atoms. The van der Waals surface area contributed by atoms with Gasteiger partial charge in [0.1, 0.15) is 0 Å². The second kappa shape index (κ2) is 11.2. The van der Waals surface area contributed by atoms with Crippen LogP contribution in [0.4, 0.5) is 0 Å². The van der Waals surface area contributed by atoms with E-state index in [9.17, 15) is 9.59 Å². The smallest absolute Gasteiger partial charge is 0.244 e. The first-order chi connectivity index (χ1) is 17.6. The van der Waals surface area contributed by atoms with Gasteiger partial charge >= 0.3 is 0 Å². The van der Waals surface area contributed by atoms with E-state index in [2.05, 4.69) is 26.5 Å². The van der Waals surface area contributed by atoms with Crippen LogP contribution in [-0.2, 0) is 14.3 Å². The molecule has 2 atom stereocenters. The zero-order chi connectivity index (χ0) is 24.9. The normalized spacial score (nSPS) is 23.8. The number of rotatable bonds is 6. The van der Waals surface area contributed by atoms with E-state index in [0.717, 1.165) is 21.2 Å². The summed E-state index contributed by atoms with van der Waals surface area (Å²) >= 11 is 3.42. The van der Waals surface area contributed by atoms with Crippen LogP contribution in [0.2, 0.25) is 0 Å². The Morgan fingerprint density at radius 1 is 0.833 bits per heavy atom. The number of nitrogens with one attached hydrogen (secondary N) is 1. The van der Waals surface area contributed by atoms with Crippen LogP contribution < -0.4 is 5.43 Å². The van der Waals surface area contributed by atoms with E-state index in [1.54, 1.807) is 6.21 Å². The van der Waals surface area contributed by atoms with Gasteiger partial charge in [-0.1, -0.05) is 88.7 Å². The van der Waals surface area contributed by atoms with Crippen LogP contribution in [0.15, 0.2) is 94.5 Å². The van der Waals surface area contributed by atoms with E-state index in [0.29, 0.717) is 26.3 Å². The molecule has 2 amide bonds. The summed E-state index contributed by atoms with van der Waals surface area (Å²) in [6.45, 7) is 2.23. The van der Waals surface area contributed by atoms with Crippen molar-refractivity contribution in [3.8, 4) is 0 Å². The molecule has 1 aliphatic heterocycles. The van der Waals surface area contributed by atoms with Gasteiger partial charge in [0, 0.05) is 29.4 Å². The number of morpholine rings is 1. The summed E-state index contributed by atoms with van der Waals surface area (Å²) in [4.78, 5) is 29.3. The summed E-state index contributed by atoms with van der Waals surface area (Å²) in [7, 11) is 0. The SMILES string of the molecule is O=C(N/N=C\c1ccc(Br)cc1)C1[C@H](c2ccccc2)C(C(=O)N2CCOCC2)[C@H]1c1ccccc1. The lowest BCUT2D eigenvalue weighted by atomic mass is 9.51. The van der Waals surface area contributed by atoms with Gasteiger partial charge in [-0.05, 0) is 28.8 Å². The van der Waals surface area contributed by atoms with Gasteiger partial charge in [0.25, 0.3) is 0 Å². The van der Waals surface area contributed by atoms with E-state index in [1.165, 1.54) is 0 Å². The number of hydrazone groups is 1. The maximum Gasteiger partial charge on any atom is 0.244 e. The van der Waals surface area contributed by atoms with E-state index >= 15 is 0 Å². The summed E-state index contributed by atoms with van der Waals surface area (Å²) in [6, 6.07) is 27.5. The largest absolute Gasteiger partial charge is 0.378 e. The third-order valence-electron chi connectivity index (χ3n) is 7.09. The first-order valence-electron chi connectivity index (χ1n) is 12.2. The molecule has 6 nitrogen and oxygen atoms in total. The van der Waals surface area contributed by atoms with E-state index in [1.807, 2.05) is 89.8 Å². The molecule has 0 aromatic heterocycles. The highest BCUT2D eigenvalue weighted by atomic mass is 79.9. The molecule has 184 valence electrons. The van der Waals surface area contributed by atoms with Crippen molar-refractivity contribution in [2.45, 2.75) is 11.8 Å². The van der Waals surface area contributed by atoms with Crippen molar-refractivity contribution in [2.24, 2.45) is 16.9 Å². The van der Waals surface area contributed by atoms with Crippen molar-refractivity contribution in [3.63, 3.8) is 0 Å². The van der Waals surface area contributed by atoms with Crippen molar-refractivity contribution < 1.29 is 14.3 Å². The van der Waals surface area contributed by atoms with E-state index < -0.39 is 5.92 Å². The fourth-order valence-electron chi connectivity index (χ4n) is 5.35. The van der Waals surface area contributed by atoms with Crippen molar-refractivity contribution in [1.82, 2.24) is 10.3 Å². The maximum atomic E-state index is 13.8. The Hall–Kier alpha value is -3.29. The van der Waals surface area contributed by atoms with Gasteiger partial charge in [0.05, 0.1) is 31.3 Å². The Morgan fingerprint density at radius 2 is 1.39 bits per heavy atom. The topological polar surface area (TPSA) is 71.0 Å². The number of benzene rings is 3. The summed E-state index contributed by atoms with van der Waals surface area (Å²) in [5.74, 6) is -1.34. The molecule has 1 saturated carbocycles. The molecular formula is C29H28BrN3O3. The first kappa shape index (κ1) is 24.4. The van der Waals surface area contributed by atoms with Gasteiger partial charge < -0.3 is 9.64 Å². The molecule has 1 heterocycles. The average Bonchev–Trinajstić information content (AvgIpc) is 2.91. The van der Waals surface area contributed by atoms with Crippen LogP contribution in [0.3, 0.4) is 0 Å². The molecule has 1 N–H and O–H groups in total. The van der Waals surface area contributed by atoms with Crippen LogP contribution >= 0.6 is 15.9 Å². The summed E-state index contributed by atoms with van der Waals surface area (Å²) in [5.41, 5.74) is 5.63. The Bertz CT molecular complexity index is 1160. The first-order valence-corrected chi connectivity index (χ1v) is 13.0. The number of nitrogens with zero attached hydrogens (tertiary/aromatic N) is 2. The number of halogens is 1. The second-order valence-corrected chi connectivity index (χ2v) is 10.1. The molecule has 3 aromatic rings. The Labute approximate surface area is 219 Å². The lowest BCUT2D eigenvalue weighted by molar-refractivity contribution is -0.151. The summed E-state index contributed by atoms with van der Waals surface area (Å²) in [6.07, 6.45) is 1.63. The second-order valence-electron chi connectivity index (χ2n) is 9.15. The van der Waals surface area contributed by atoms with Crippen molar-refractivity contribution in [2.75, 3.05) is 26.3 Å². The van der Waals surface area contributed by atoms with Crippen LogP contribution in [0.25, 0.3) is 0 Å². The molecule has 3 aromatic carbocycles. The van der Waals surface area contributed by atoms with Gasteiger partial charge in [0.2, 0.25) is 11.8 Å². The number of carbonyl (C=O) groups excluding carboxylic acids is 2. The van der Waals surface area contributed by atoms with Crippen molar-refractivity contribution in [3.05, 3.63) is 106 Å². The molecule has 2 fully saturated rings. The zero-order valence-electron chi connectivity index (χ0n) is 19.8. The Kier molecular flexibility index (Phi) is 7.58. The standard InChI is InChI=1S/C29H28BrN3O3/c30-23-13-11-20(12-14-23)19-31-32-28(34)26-24(21-7-3-1-4-8-21)27(25(26)22-9-5-2-6-10-22)29(35)33-15-17-36-18-16-33/h1-14,19,24-27H,15-18H2,(H,32,34)/b31-19-/t24-,25-,26?,27?/m0/s1. The molecular weight excluding hydrogens is 518 g/mol. The van der Waals surface area contributed by atoms with Crippen LogP contribution in [0.1, 0.15) is 28.5 Å². The van der Waals surface area contributed by atoms with Gasteiger partial charge in [-0.3, -0.25) is 9.59 Å². The molecule has 2 aliphatic rings. The number of hydrogen-bond acceptors (Lipinski definition) is 4. The van der Waals surface area contributed by atoms with Gasteiger partial charge in [0.15, 0.2) is 0 Å². The van der Waals surface area contributed by atoms with E-state index in [-0.39, 0.29) is 29.6 Å². The molecule has 36 heavy (non-hydrogen) atoms. The minimum Gasteiger partial charge on any atom is -0.378 e. The Morgan fingerprint density at radius 3 is 1.94 bits per heavy atom. The molecule has 0 spiro atoms. The molecule has 5 rings (SSSR count). The van der Waals surface area contributed by atoms with Crippen molar-refractivity contribution >= 4 is 34.0 Å². The fraction of sp³-hybridized carbons (Fsp3) is 0.276. The number of carbonyl (C=O) groups is 2. The highest BCUT2D eigenvalue weighted by Crippen LogP contribution is 2.58. The molecule has 1 saturated heterocycles. The summed E-state index contributed by atoms with van der Waals surface area (Å²) in [5, 5.41) is 4.24. The lowest BCUT2D eigenvalue weighted by Crippen LogP contribution is -2.57. The molecule has 7 heteroatoms. The highest BCUT2D eigenvalue weighted by Gasteiger charge is 2.58. The van der Waals surface area contributed by atoms with Crippen LogP contribution in [-0.4, -0.2) is 49.2 Å². The fourth-order valence-corrected chi connectivity index (χ4v) is 5.61. The average molecular weight is 546 g/mol. The maximum absolute atomic E-state index is 13.8. The highest BCUT2D eigenvalue weighted by molar-refractivity contribution is 9.10. The predicted octanol–water partition coefficient (Wildman–Crippen LogP) is 4.57. The number of ether oxygens (including phenoxy) is 1. The lowest BCUT2D eigenvalue weighted by Gasteiger charge is -2.52. The van der Waals surface area contributed by atoms with Crippen LogP contribution in [0, 0.1) is 11.8 Å². The van der Waals surface area contributed by atoms with Gasteiger partial charge in [-0.15, -0.1) is 0 Å². The molecule has 0 unspecified atom stereocenters. The van der Waals surface area contributed by atoms with Crippen molar-refractivity contribution in [1.29, 1.82) is 0 Å². The summed E-state index contributed by atoms with van der Waals surface area (Å²) < 4.78 is 6.45. The zero-order valence-corrected chi connectivity index (χ0v) is 21.4. The third-order valence-corrected chi connectivity index (χ3v) is 7.61. The third kappa shape index (κ3) is 5.13. The monoisotopic (exact) mass is 545 g/mol. The van der Waals surface area contributed by atoms with Gasteiger partial charge in [-0.2, -0.15) is 5.10 Å². The quantitative estimate of drug-likeness (QED) is 0.364. The minimum atomic E-state index is -0.424.